The lowest BCUT2D eigenvalue weighted by atomic mass is 9.88. The molecule has 3 aromatic carbocycles. The number of amides is 3. The van der Waals surface area contributed by atoms with Crippen LogP contribution in [0.1, 0.15) is 11.1 Å². The Morgan fingerprint density at radius 2 is 1.56 bits per heavy atom. The highest BCUT2D eigenvalue weighted by atomic mass is 35.5. The number of carbonyl (C=O) groups excluding carboxylic acids is 3. The van der Waals surface area contributed by atoms with Crippen LogP contribution in [0.2, 0.25) is 5.02 Å². The van der Waals surface area contributed by atoms with Gasteiger partial charge in [0, 0.05) is 22.9 Å². The average molecular weight is 498 g/mol. The summed E-state index contributed by atoms with van der Waals surface area (Å²) < 4.78 is 0. The molecular weight excluding hydrogens is 474 g/mol. The number of benzene rings is 3. The van der Waals surface area contributed by atoms with Gasteiger partial charge in [0.05, 0.1) is 17.9 Å². The molecule has 6 rings (SSSR count). The normalized spacial score (nSPS) is 23.9. The van der Waals surface area contributed by atoms with E-state index in [0.29, 0.717) is 23.7 Å². The first-order chi connectivity index (χ1) is 17.5. The Morgan fingerprint density at radius 1 is 0.861 bits per heavy atom. The van der Waals surface area contributed by atoms with E-state index in [0.717, 1.165) is 16.8 Å². The van der Waals surface area contributed by atoms with Crippen LogP contribution < -0.4 is 10.2 Å². The number of nitrogens with zero attached hydrogens (tertiary/aromatic N) is 2. The summed E-state index contributed by atoms with van der Waals surface area (Å²) in [5.74, 6) is -2.18. The molecule has 0 spiro atoms. The maximum atomic E-state index is 13.8. The smallest absolute Gasteiger partial charge is 0.247 e. The lowest BCUT2D eigenvalue weighted by Crippen LogP contribution is -2.50. The van der Waals surface area contributed by atoms with E-state index in [4.69, 9.17) is 11.6 Å². The predicted molar refractivity (Wildman–Crippen MR) is 139 cm³/mol. The van der Waals surface area contributed by atoms with Crippen molar-refractivity contribution < 1.29 is 14.4 Å². The molecule has 0 radical (unpaired) electrons. The molecule has 3 aliphatic heterocycles. The molecule has 3 amide bonds. The summed E-state index contributed by atoms with van der Waals surface area (Å²) in [6, 6.07) is 23.2. The number of hydrogen-bond acceptors (Lipinski definition) is 4. The molecule has 7 heteroatoms. The van der Waals surface area contributed by atoms with Crippen LogP contribution >= 0.6 is 11.6 Å². The van der Waals surface area contributed by atoms with Gasteiger partial charge in [-0.05, 0) is 47.9 Å². The van der Waals surface area contributed by atoms with Crippen molar-refractivity contribution in [2.24, 2.45) is 11.8 Å². The molecule has 0 aliphatic carbocycles. The van der Waals surface area contributed by atoms with E-state index in [9.17, 15) is 14.4 Å². The number of likely N-dealkylation sites (tertiary alicyclic amines) is 1. The van der Waals surface area contributed by atoms with Crippen LogP contribution in [0, 0.1) is 11.8 Å². The van der Waals surface area contributed by atoms with Gasteiger partial charge in [0.2, 0.25) is 17.7 Å². The Morgan fingerprint density at radius 3 is 2.33 bits per heavy atom. The molecule has 3 heterocycles. The van der Waals surface area contributed by atoms with E-state index in [2.05, 4.69) is 5.32 Å². The maximum Gasteiger partial charge on any atom is 0.247 e. The minimum atomic E-state index is -0.819. The Labute approximate surface area is 214 Å². The van der Waals surface area contributed by atoms with Crippen molar-refractivity contribution in [3.63, 3.8) is 0 Å². The average Bonchev–Trinajstić information content (AvgIpc) is 3.37. The van der Waals surface area contributed by atoms with E-state index in [1.54, 1.807) is 24.3 Å². The van der Waals surface area contributed by atoms with Gasteiger partial charge in [0.15, 0.2) is 0 Å². The summed E-state index contributed by atoms with van der Waals surface area (Å²) in [7, 11) is 0. The van der Waals surface area contributed by atoms with Gasteiger partial charge in [0.1, 0.15) is 6.04 Å². The molecule has 2 saturated heterocycles. The number of rotatable bonds is 5. The van der Waals surface area contributed by atoms with Gasteiger partial charge in [-0.1, -0.05) is 72.3 Å². The van der Waals surface area contributed by atoms with Gasteiger partial charge in [-0.2, -0.15) is 0 Å². The molecule has 3 aliphatic rings. The lowest BCUT2D eigenvalue weighted by Gasteiger charge is -2.36. The number of para-hydroxylation sites is 1. The molecule has 6 nitrogen and oxygen atoms in total. The summed E-state index contributed by atoms with van der Waals surface area (Å²) in [5, 5.41) is 3.51. The van der Waals surface area contributed by atoms with Gasteiger partial charge < -0.3 is 10.2 Å². The zero-order valence-electron chi connectivity index (χ0n) is 19.4. The standard InChI is InChI=1S/C29H24ClN3O3/c30-20-11-13-21(14-12-20)31-27(34)26-25-24(23-15-10-19-8-4-5-9-22(19)33(23)26)28(35)32(29(25)36)17-16-18-6-2-1-3-7-18/h1-15,23-26H,16-17H2,(H,31,34)/t23-,24+,25-,26+/m1/s1. The number of halogens is 1. The van der Waals surface area contributed by atoms with Gasteiger partial charge in [0.25, 0.3) is 0 Å². The van der Waals surface area contributed by atoms with E-state index in [1.807, 2.05) is 71.6 Å². The molecule has 180 valence electrons. The minimum Gasteiger partial charge on any atom is -0.351 e. The molecule has 4 atom stereocenters. The van der Waals surface area contributed by atoms with Crippen LogP contribution in [0.25, 0.3) is 6.08 Å². The van der Waals surface area contributed by atoms with Gasteiger partial charge >= 0.3 is 0 Å². The monoisotopic (exact) mass is 497 g/mol. The van der Waals surface area contributed by atoms with Crippen molar-refractivity contribution in [2.45, 2.75) is 18.5 Å². The van der Waals surface area contributed by atoms with E-state index >= 15 is 0 Å². The van der Waals surface area contributed by atoms with Crippen LogP contribution in [-0.2, 0) is 20.8 Å². The first-order valence-electron chi connectivity index (χ1n) is 12.0. The number of hydrogen-bond donors (Lipinski definition) is 1. The molecule has 0 unspecified atom stereocenters. The first-order valence-corrected chi connectivity index (χ1v) is 12.4. The second-order valence-electron chi connectivity index (χ2n) is 9.37. The highest BCUT2D eigenvalue weighted by Gasteiger charge is 2.63. The molecule has 1 N–H and O–H groups in total. The molecule has 0 aromatic heterocycles. The second-order valence-corrected chi connectivity index (χ2v) is 9.81. The van der Waals surface area contributed by atoms with Crippen molar-refractivity contribution in [1.29, 1.82) is 0 Å². The van der Waals surface area contributed by atoms with E-state index in [-0.39, 0.29) is 23.8 Å². The molecule has 0 bridgehead atoms. The third kappa shape index (κ3) is 3.69. The number of nitrogens with one attached hydrogen (secondary N) is 1. The summed E-state index contributed by atoms with van der Waals surface area (Å²) >= 11 is 6.00. The van der Waals surface area contributed by atoms with Gasteiger partial charge in [-0.3, -0.25) is 19.3 Å². The fraction of sp³-hybridized carbons (Fsp3) is 0.207. The van der Waals surface area contributed by atoms with Crippen LogP contribution in [0.15, 0.2) is 84.9 Å². The van der Waals surface area contributed by atoms with Crippen LogP contribution in [0.3, 0.4) is 0 Å². The summed E-state index contributed by atoms with van der Waals surface area (Å²) in [5.41, 5.74) is 3.45. The number of anilines is 2. The van der Waals surface area contributed by atoms with Crippen molar-refractivity contribution in [1.82, 2.24) is 4.90 Å². The van der Waals surface area contributed by atoms with Crippen LogP contribution in [0.4, 0.5) is 11.4 Å². The fourth-order valence-electron chi connectivity index (χ4n) is 5.73. The lowest BCUT2D eigenvalue weighted by molar-refractivity contribution is -0.141. The Kier molecular flexibility index (Phi) is 5.61. The first kappa shape index (κ1) is 22.6. The van der Waals surface area contributed by atoms with Crippen molar-refractivity contribution in [3.05, 3.63) is 101 Å². The minimum absolute atomic E-state index is 0.207. The number of imide groups is 1. The summed E-state index contributed by atoms with van der Waals surface area (Å²) in [4.78, 5) is 44.5. The Bertz CT molecular complexity index is 1370. The zero-order chi connectivity index (χ0) is 24.8. The van der Waals surface area contributed by atoms with Gasteiger partial charge in [-0.15, -0.1) is 0 Å². The molecule has 2 fully saturated rings. The van der Waals surface area contributed by atoms with Gasteiger partial charge in [-0.25, -0.2) is 0 Å². The highest BCUT2D eigenvalue weighted by molar-refractivity contribution is 6.30. The highest BCUT2D eigenvalue weighted by Crippen LogP contribution is 2.48. The topological polar surface area (TPSA) is 69.7 Å². The van der Waals surface area contributed by atoms with E-state index < -0.39 is 17.9 Å². The second kappa shape index (κ2) is 8.95. The van der Waals surface area contributed by atoms with Crippen molar-refractivity contribution in [2.75, 3.05) is 16.8 Å². The van der Waals surface area contributed by atoms with Crippen molar-refractivity contribution >= 4 is 46.8 Å². The molecular formula is C29H24ClN3O3. The quantitative estimate of drug-likeness (QED) is 0.530. The SMILES string of the molecule is O=C(Nc1ccc(Cl)cc1)[C@@H]1[C@@H]2C(=O)N(CCc3ccccc3)C(=O)[C@H]2[C@H]2C=Cc3ccccc3N21. The fourth-order valence-corrected chi connectivity index (χ4v) is 5.86. The molecule has 3 aromatic rings. The van der Waals surface area contributed by atoms with Crippen LogP contribution in [0.5, 0.6) is 0 Å². The Hall–Kier alpha value is -3.90. The Balaban J connectivity index is 1.35. The summed E-state index contributed by atoms with van der Waals surface area (Å²) in [6.07, 6.45) is 4.52. The predicted octanol–water partition coefficient (Wildman–Crippen LogP) is 4.41. The third-order valence-electron chi connectivity index (χ3n) is 7.35. The van der Waals surface area contributed by atoms with Crippen LogP contribution in [-0.4, -0.2) is 41.2 Å². The maximum absolute atomic E-state index is 13.8. The molecule has 36 heavy (non-hydrogen) atoms. The largest absolute Gasteiger partial charge is 0.351 e. The molecule has 0 saturated carbocycles. The van der Waals surface area contributed by atoms with E-state index in [1.165, 1.54) is 4.90 Å². The zero-order valence-corrected chi connectivity index (χ0v) is 20.1. The van der Waals surface area contributed by atoms with Crippen molar-refractivity contribution in [3.8, 4) is 0 Å². The summed E-state index contributed by atoms with van der Waals surface area (Å²) in [6.45, 7) is 0.299. The number of carbonyl (C=O) groups is 3. The number of fused-ring (bicyclic) bond motifs is 5. The third-order valence-corrected chi connectivity index (χ3v) is 7.61.